The molecule has 0 aromatic rings. The molecular formula is C21H35N5O. The standard InChI is InChI=1S/C21H35N5O/c1-3-5-21(27)26-10-8-18(16-22-2)20(9-11-26)23-17-24-12-14-25(15-13-24)19-6-4-7-19/h16,19H,2-15,17H2,1H3/b18-16-,23-20-. The van der Waals surface area contributed by atoms with E-state index in [0.717, 1.165) is 69.4 Å². The van der Waals surface area contributed by atoms with E-state index in [-0.39, 0.29) is 5.91 Å². The lowest BCUT2D eigenvalue weighted by molar-refractivity contribution is -0.131. The van der Waals surface area contributed by atoms with Gasteiger partial charge < -0.3 is 4.90 Å². The van der Waals surface area contributed by atoms with Crippen molar-refractivity contribution < 1.29 is 4.79 Å². The molecule has 0 bridgehead atoms. The molecule has 1 amide bonds. The van der Waals surface area contributed by atoms with Crippen molar-refractivity contribution >= 4 is 18.3 Å². The molecule has 3 rings (SSSR count). The van der Waals surface area contributed by atoms with Gasteiger partial charge in [0.1, 0.15) is 0 Å². The number of likely N-dealkylation sites (tertiary alicyclic amines) is 1. The van der Waals surface area contributed by atoms with Gasteiger partial charge in [-0.25, -0.2) is 0 Å². The monoisotopic (exact) mass is 373 g/mol. The summed E-state index contributed by atoms with van der Waals surface area (Å²) < 4.78 is 0. The first kappa shape index (κ1) is 20.2. The second-order valence-electron chi connectivity index (χ2n) is 7.95. The summed E-state index contributed by atoms with van der Waals surface area (Å²) in [6.07, 6.45) is 9.19. The summed E-state index contributed by atoms with van der Waals surface area (Å²) >= 11 is 0. The van der Waals surface area contributed by atoms with Crippen LogP contribution in [-0.2, 0) is 4.79 Å². The molecule has 6 heteroatoms. The Morgan fingerprint density at radius 2 is 1.89 bits per heavy atom. The minimum absolute atomic E-state index is 0.261. The highest BCUT2D eigenvalue weighted by molar-refractivity contribution is 6.00. The van der Waals surface area contributed by atoms with Crippen LogP contribution < -0.4 is 0 Å². The molecule has 2 heterocycles. The highest BCUT2D eigenvalue weighted by Gasteiger charge is 2.28. The Bertz CT molecular complexity index is 573. The zero-order chi connectivity index (χ0) is 19.1. The van der Waals surface area contributed by atoms with E-state index in [0.29, 0.717) is 6.42 Å². The molecule has 6 nitrogen and oxygen atoms in total. The van der Waals surface area contributed by atoms with Gasteiger partial charge >= 0.3 is 0 Å². The van der Waals surface area contributed by atoms with E-state index in [9.17, 15) is 4.79 Å². The molecule has 0 aromatic carbocycles. The third-order valence-corrected chi connectivity index (χ3v) is 6.16. The van der Waals surface area contributed by atoms with E-state index >= 15 is 0 Å². The molecule has 0 spiro atoms. The van der Waals surface area contributed by atoms with Gasteiger partial charge in [0.2, 0.25) is 5.91 Å². The topological polar surface area (TPSA) is 51.5 Å². The summed E-state index contributed by atoms with van der Waals surface area (Å²) in [6.45, 7) is 12.5. The van der Waals surface area contributed by atoms with Crippen LogP contribution in [0.5, 0.6) is 0 Å². The molecule has 3 fully saturated rings. The van der Waals surface area contributed by atoms with Gasteiger partial charge in [-0.2, -0.15) is 0 Å². The van der Waals surface area contributed by atoms with Gasteiger partial charge in [-0.3, -0.25) is 24.6 Å². The van der Waals surface area contributed by atoms with E-state index < -0.39 is 0 Å². The highest BCUT2D eigenvalue weighted by atomic mass is 16.2. The number of nitrogens with zero attached hydrogens (tertiary/aromatic N) is 5. The Balaban J connectivity index is 1.55. The van der Waals surface area contributed by atoms with E-state index in [1.165, 1.54) is 32.4 Å². The van der Waals surface area contributed by atoms with Crippen molar-refractivity contribution in [1.29, 1.82) is 0 Å². The Kier molecular flexibility index (Phi) is 7.59. The summed E-state index contributed by atoms with van der Waals surface area (Å²) in [4.78, 5) is 28.3. The minimum atomic E-state index is 0.261. The number of amides is 1. The maximum absolute atomic E-state index is 12.3. The van der Waals surface area contributed by atoms with Gasteiger partial charge in [-0.05, 0) is 38.0 Å². The fourth-order valence-corrected chi connectivity index (χ4v) is 4.17. The van der Waals surface area contributed by atoms with Gasteiger partial charge in [0.05, 0.1) is 6.67 Å². The van der Waals surface area contributed by atoms with Crippen LogP contribution in [0, 0.1) is 0 Å². The van der Waals surface area contributed by atoms with Gasteiger partial charge in [0.15, 0.2) is 0 Å². The van der Waals surface area contributed by atoms with Crippen LogP contribution in [-0.4, -0.2) is 85.0 Å². The van der Waals surface area contributed by atoms with E-state index in [4.69, 9.17) is 4.99 Å². The molecule has 0 N–H and O–H groups in total. The van der Waals surface area contributed by atoms with Gasteiger partial charge in [-0.15, -0.1) is 0 Å². The Labute approximate surface area is 164 Å². The molecule has 1 aliphatic carbocycles. The number of rotatable bonds is 6. The number of hydrogen-bond donors (Lipinski definition) is 0. The quantitative estimate of drug-likeness (QED) is 0.673. The zero-order valence-corrected chi connectivity index (χ0v) is 16.9. The third-order valence-electron chi connectivity index (χ3n) is 6.16. The first-order chi connectivity index (χ1) is 13.2. The minimum Gasteiger partial charge on any atom is -0.342 e. The summed E-state index contributed by atoms with van der Waals surface area (Å²) in [5.41, 5.74) is 2.25. The molecule has 0 atom stereocenters. The zero-order valence-electron chi connectivity index (χ0n) is 16.9. The molecule has 1 saturated carbocycles. The number of carbonyl (C=O) groups excluding carboxylic acids is 1. The average molecular weight is 374 g/mol. The second-order valence-corrected chi connectivity index (χ2v) is 7.95. The van der Waals surface area contributed by atoms with Crippen molar-refractivity contribution in [3.63, 3.8) is 0 Å². The fourth-order valence-electron chi connectivity index (χ4n) is 4.17. The Morgan fingerprint density at radius 1 is 1.15 bits per heavy atom. The lowest BCUT2D eigenvalue weighted by atomic mass is 9.91. The maximum atomic E-state index is 12.3. The largest absolute Gasteiger partial charge is 0.342 e. The molecule has 3 aliphatic rings. The number of piperazine rings is 1. The first-order valence-electron chi connectivity index (χ1n) is 10.6. The van der Waals surface area contributed by atoms with E-state index in [2.05, 4.69) is 28.4 Å². The molecule has 150 valence electrons. The smallest absolute Gasteiger partial charge is 0.222 e. The van der Waals surface area contributed by atoms with Crippen LogP contribution >= 0.6 is 0 Å². The van der Waals surface area contributed by atoms with Crippen molar-refractivity contribution in [3.05, 3.63) is 11.8 Å². The van der Waals surface area contributed by atoms with Crippen molar-refractivity contribution in [2.45, 2.75) is 57.9 Å². The molecule has 0 radical (unpaired) electrons. The van der Waals surface area contributed by atoms with Crippen LogP contribution in [0.4, 0.5) is 0 Å². The highest BCUT2D eigenvalue weighted by Crippen LogP contribution is 2.25. The number of carbonyl (C=O) groups is 1. The second kappa shape index (κ2) is 10.1. The van der Waals surface area contributed by atoms with Crippen molar-refractivity contribution in [3.8, 4) is 0 Å². The van der Waals surface area contributed by atoms with Gasteiger partial charge in [0, 0.05) is 70.1 Å². The molecule has 2 saturated heterocycles. The van der Waals surface area contributed by atoms with Crippen molar-refractivity contribution in [2.24, 2.45) is 9.98 Å². The first-order valence-corrected chi connectivity index (χ1v) is 10.6. The number of aliphatic imine (C=N–C) groups is 2. The lowest BCUT2D eigenvalue weighted by Gasteiger charge is -2.42. The summed E-state index contributed by atoms with van der Waals surface area (Å²) in [7, 11) is 0. The van der Waals surface area contributed by atoms with Crippen molar-refractivity contribution in [1.82, 2.24) is 14.7 Å². The summed E-state index contributed by atoms with van der Waals surface area (Å²) in [6, 6.07) is 0.847. The lowest BCUT2D eigenvalue weighted by Crippen LogP contribution is -2.52. The van der Waals surface area contributed by atoms with Gasteiger partial charge in [-0.1, -0.05) is 13.3 Å². The Hall–Kier alpha value is -1.53. The third kappa shape index (κ3) is 5.48. The van der Waals surface area contributed by atoms with Gasteiger partial charge in [0.25, 0.3) is 0 Å². The van der Waals surface area contributed by atoms with Crippen LogP contribution in [0.3, 0.4) is 0 Å². The van der Waals surface area contributed by atoms with Crippen LogP contribution in [0.1, 0.15) is 51.9 Å². The fraction of sp³-hybridized carbons (Fsp3) is 0.762. The molecule has 0 unspecified atom stereocenters. The summed E-state index contributed by atoms with van der Waals surface area (Å²) in [5, 5.41) is 0. The predicted octanol–water partition coefficient (Wildman–Crippen LogP) is 2.56. The maximum Gasteiger partial charge on any atom is 0.222 e. The normalized spacial score (nSPS) is 26.2. The average Bonchev–Trinajstić information content (AvgIpc) is 2.83. The molecule has 2 aliphatic heterocycles. The molecule has 27 heavy (non-hydrogen) atoms. The van der Waals surface area contributed by atoms with Crippen LogP contribution in [0.15, 0.2) is 21.8 Å². The van der Waals surface area contributed by atoms with Crippen LogP contribution in [0.2, 0.25) is 0 Å². The number of hydrogen-bond acceptors (Lipinski definition) is 5. The van der Waals surface area contributed by atoms with Crippen molar-refractivity contribution in [2.75, 3.05) is 45.9 Å². The SMILES string of the molecule is C=N/C=C1/CCN(C(=O)CCC)CC/C1=N/CN1CCN(C2CCC2)CC1. The van der Waals surface area contributed by atoms with E-state index in [1.807, 2.05) is 11.1 Å². The predicted molar refractivity (Wildman–Crippen MR) is 111 cm³/mol. The Morgan fingerprint density at radius 3 is 2.52 bits per heavy atom. The summed E-state index contributed by atoms with van der Waals surface area (Å²) in [5.74, 6) is 0.261. The van der Waals surface area contributed by atoms with E-state index in [1.54, 1.807) is 0 Å². The van der Waals surface area contributed by atoms with Crippen LogP contribution in [0.25, 0.3) is 0 Å². The molecular weight excluding hydrogens is 338 g/mol. The molecule has 0 aromatic heterocycles.